The number of pyridine rings is 1. The van der Waals surface area contributed by atoms with E-state index in [9.17, 15) is 0 Å². The van der Waals surface area contributed by atoms with Gasteiger partial charge in [0.15, 0.2) is 0 Å². The molecule has 0 atom stereocenters. The van der Waals surface area contributed by atoms with Crippen molar-refractivity contribution >= 4 is 32.4 Å². The molecule has 0 N–H and O–H groups in total. The van der Waals surface area contributed by atoms with Gasteiger partial charge in [0.05, 0.1) is 32.2 Å². The van der Waals surface area contributed by atoms with Crippen LogP contribution in [0.1, 0.15) is 5.56 Å². The first-order chi connectivity index (χ1) is 12.2. The first kappa shape index (κ1) is 15.5. The Labute approximate surface area is 145 Å². The van der Waals surface area contributed by atoms with Gasteiger partial charge in [0.1, 0.15) is 17.2 Å². The van der Waals surface area contributed by atoms with Gasteiger partial charge in [-0.05, 0) is 36.8 Å². The first-order valence-corrected chi connectivity index (χ1v) is 8.08. The number of fused-ring (bicyclic) bond motifs is 5. The Morgan fingerprint density at radius 1 is 0.760 bits per heavy atom. The van der Waals surface area contributed by atoms with Crippen molar-refractivity contribution in [1.29, 1.82) is 0 Å². The molecule has 3 aromatic carbocycles. The van der Waals surface area contributed by atoms with Gasteiger partial charge < -0.3 is 14.2 Å². The Hall–Kier alpha value is -3.01. The Kier molecular flexibility index (Phi) is 3.61. The molecule has 0 aliphatic rings. The third kappa shape index (κ3) is 2.25. The predicted molar refractivity (Wildman–Crippen MR) is 101 cm³/mol. The van der Waals surface area contributed by atoms with E-state index in [4.69, 9.17) is 19.2 Å². The smallest absolute Gasteiger partial charge is 0.131 e. The molecule has 126 valence electrons. The molecule has 4 rings (SSSR count). The summed E-state index contributed by atoms with van der Waals surface area (Å²) in [7, 11) is 5.03. The van der Waals surface area contributed by atoms with Crippen LogP contribution in [0.5, 0.6) is 17.2 Å². The molecule has 0 unspecified atom stereocenters. The summed E-state index contributed by atoms with van der Waals surface area (Å²) in [6.07, 6.45) is 1.90. The molecule has 0 amide bonds. The van der Waals surface area contributed by atoms with Crippen LogP contribution in [-0.2, 0) is 0 Å². The zero-order valence-corrected chi connectivity index (χ0v) is 14.7. The summed E-state index contributed by atoms with van der Waals surface area (Å²) in [6.45, 7) is 2.05. The summed E-state index contributed by atoms with van der Waals surface area (Å²) in [4.78, 5) is 4.74. The summed E-state index contributed by atoms with van der Waals surface area (Å²) in [6, 6.07) is 12.1. The second kappa shape index (κ2) is 5.81. The summed E-state index contributed by atoms with van der Waals surface area (Å²) in [5.41, 5.74) is 2.05. The topological polar surface area (TPSA) is 40.6 Å². The third-order valence-electron chi connectivity index (χ3n) is 4.60. The number of benzene rings is 3. The highest BCUT2D eigenvalue weighted by Gasteiger charge is 2.16. The van der Waals surface area contributed by atoms with E-state index in [1.165, 1.54) is 0 Å². The quantitative estimate of drug-likeness (QED) is 0.501. The van der Waals surface area contributed by atoms with Crippen LogP contribution in [0.15, 0.2) is 42.6 Å². The number of aryl methyl sites for hydroxylation is 1. The van der Waals surface area contributed by atoms with Crippen molar-refractivity contribution in [2.75, 3.05) is 21.3 Å². The van der Waals surface area contributed by atoms with E-state index in [0.717, 1.165) is 55.3 Å². The van der Waals surface area contributed by atoms with Crippen molar-refractivity contribution in [3.8, 4) is 17.2 Å². The number of ether oxygens (including phenoxy) is 3. The molecule has 4 aromatic rings. The fourth-order valence-electron chi connectivity index (χ4n) is 3.53. The van der Waals surface area contributed by atoms with Crippen molar-refractivity contribution < 1.29 is 14.2 Å². The van der Waals surface area contributed by atoms with Gasteiger partial charge in [-0.15, -0.1) is 0 Å². The normalized spacial score (nSPS) is 11.2. The van der Waals surface area contributed by atoms with Crippen molar-refractivity contribution in [2.45, 2.75) is 6.92 Å². The fourth-order valence-corrected chi connectivity index (χ4v) is 3.53. The third-order valence-corrected chi connectivity index (χ3v) is 4.60. The van der Waals surface area contributed by atoms with Gasteiger partial charge in [0.2, 0.25) is 0 Å². The minimum atomic E-state index is 0.761. The number of methoxy groups -OCH3 is 3. The highest BCUT2D eigenvalue weighted by Crippen LogP contribution is 2.42. The Balaban J connectivity index is 2.27. The van der Waals surface area contributed by atoms with Crippen LogP contribution in [0.3, 0.4) is 0 Å². The molecule has 0 saturated carbocycles. The van der Waals surface area contributed by atoms with Crippen molar-refractivity contribution in [2.24, 2.45) is 0 Å². The zero-order valence-electron chi connectivity index (χ0n) is 14.7. The maximum Gasteiger partial charge on any atom is 0.131 e. The molecule has 0 aliphatic carbocycles. The zero-order chi connectivity index (χ0) is 17.6. The molecule has 0 fully saturated rings. The van der Waals surface area contributed by atoms with Gasteiger partial charge in [-0.25, -0.2) is 0 Å². The lowest BCUT2D eigenvalue weighted by Gasteiger charge is -2.15. The number of hydrogen-bond acceptors (Lipinski definition) is 4. The SMILES string of the molecule is COc1cccc2c1c(OC)cc1c2ncc2cc(C)cc(OC)c21. The molecule has 1 heterocycles. The lowest BCUT2D eigenvalue weighted by Crippen LogP contribution is -1.94. The number of rotatable bonds is 3. The van der Waals surface area contributed by atoms with E-state index in [2.05, 4.69) is 13.0 Å². The summed E-state index contributed by atoms with van der Waals surface area (Å²) in [5, 5.41) is 5.03. The van der Waals surface area contributed by atoms with Crippen molar-refractivity contribution in [3.05, 3.63) is 48.2 Å². The molecule has 4 heteroatoms. The van der Waals surface area contributed by atoms with Crippen LogP contribution >= 0.6 is 0 Å². The van der Waals surface area contributed by atoms with E-state index in [1.54, 1.807) is 21.3 Å². The van der Waals surface area contributed by atoms with Crippen molar-refractivity contribution in [1.82, 2.24) is 4.98 Å². The van der Waals surface area contributed by atoms with Gasteiger partial charge >= 0.3 is 0 Å². The van der Waals surface area contributed by atoms with E-state index >= 15 is 0 Å². The second-order valence-electron chi connectivity index (χ2n) is 6.05. The molecule has 0 bridgehead atoms. The number of nitrogens with zero attached hydrogens (tertiary/aromatic N) is 1. The largest absolute Gasteiger partial charge is 0.496 e. The molecule has 25 heavy (non-hydrogen) atoms. The second-order valence-corrected chi connectivity index (χ2v) is 6.05. The average Bonchev–Trinajstić information content (AvgIpc) is 2.65. The summed E-state index contributed by atoms with van der Waals surface area (Å²) < 4.78 is 16.9. The highest BCUT2D eigenvalue weighted by atomic mass is 16.5. The van der Waals surface area contributed by atoms with Crippen LogP contribution in [0.2, 0.25) is 0 Å². The molecular weight excluding hydrogens is 314 g/mol. The highest BCUT2D eigenvalue weighted by molar-refractivity contribution is 6.19. The lowest BCUT2D eigenvalue weighted by molar-refractivity contribution is 0.405. The fraction of sp³-hybridized carbons (Fsp3) is 0.190. The molecule has 0 spiro atoms. The number of hydrogen-bond donors (Lipinski definition) is 0. The van der Waals surface area contributed by atoms with Gasteiger partial charge in [-0.1, -0.05) is 12.1 Å². The van der Waals surface area contributed by atoms with Crippen LogP contribution in [0.4, 0.5) is 0 Å². The van der Waals surface area contributed by atoms with E-state index in [0.29, 0.717) is 0 Å². The average molecular weight is 333 g/mol. The summed E-state index contributed by atoms with van der Waals surface area (Å²) in [5.74, 6) is 2.37. The molecule has 1 aromatic heterocycles. The molecule has 0 aliphatic heterocycles. The van der Waals surface area contributed by atoms with Crippen LogP contribution in [0, 0.1) is 6.92 Å². The minimum Gasteiger partial charge on any atom is -0.496 e. The molecule has 0 saturated heterocycles. The van der Waals surface area contributed by atoms with Crippen LogP contribution in [-0.4, -0.2) is 26.3 Å². The lowest BCUT2D eigenvalue weighted by atomic mass is 9.98. The monoisotopic (exact) mass is 333 g/mol. The first-order valence-electron chi connectivity index (χ1n) is 8.08. The Morgan fingerprint density at radius 2 is 1.48 bits per heavy atom. The van der Waals surface area contributed by atoms with E-state index in [1.807, 2.05) is 36.5 Å². The minimum absolute atomic E-state index is 0.761. The standard InChI is InChI=1S/C21H19NO3/c1-12-8-13-11-22-21-14-6-5-7-16(23-2)20(14)18(25-4)10-15(21)19(13)17(9-12)24-3/h5-11H,1-4H3. The number of aromatic nitrogens is 1. The van der Waals surface area contributed by atoms with Crippen molar-refractivity contribution in [3.63, 3.8) is 0 Å². The van der Waals surface area contributed by atoms with Gasteiger partial charge in [0, 0.05) is 27.7 Å². The van der Waals surface area contributed by atoms with Gasteiger partial charge in [0.25, 0.3) is 0 Å². The Bertz CT molecular complexity index is 1120. The van der Waals surface area contributed by atoms with E-state index in [-0.39, 0.29) is 0 Å². The predicted octanol–water partition coefficient (Wildman–Crippen LogP) is 4.88. The maximum atomic E-state index is 5.68. The molecule has 4 nitrogen and oxygen atoms in total. The van der Waals surface area contributed by atoms with Gasteiger partial charge in [-0.3, -0.25) is 4.98 Å². The van der Waals surface area contributed by atoms with Crippen LogP contribution in [0.25, 0.3) is 32.4 Å². The molecular formula is C21H19NO3. The van der Waals surface area contributed by atoms with Crippen LogP contribution < -0.4 is 14.2 Å². The Morgan fingerprint density at radius 3 is 2.20 bits per heavy atom. The summed E-state index contributed by atoms with van der Waals surface area (Å²) >= 11 is 0. The maximum absolute atomic E-state index is 5.68. The van der Waals surface area contributed by atoms with E-state index < -0.39 is 0 Å². The van der Waals surface area contributed by atoms with Gasteiger partial charge in [-0.2, -0.15) is 0 Å². The molecule has 0 radical (unpaired) electrons.